The van der Waals surface area contributed by atoms with Crippen LogP contribution in [0.15, 0.2) is 12.3 Å². The molecule has 0 bridgehead atoms. The van der Waals surface area contributed by atoms with Crippen molar-refractivity contribution in [3.8, 4) is 0 Å². The van der Waals surface area contributed by atoms with Crippen molar-refractivity contribution in [2.24, 2.45) is 0 Å². The van der Waals surface area contributed by atoms with Crippen molar-refractivity contribution in [2.75, 3.05) is 0 Å². The Morgan fingerprint density at radius 2 is 2.25 bits per heavy atom. The number of aliphatic hydroxyl groups is 1. The minimum Gasteiger partial charge on any atom is -0.391 e. The summed E-state index contributed by atoms with van der Waals surface area (Å²) < 4.78 is 1.54. The number of carbonyl (C=O) groups is 1. The highest BCUT2D eigenvalue weighted by atomic mass is 16.6. The molecule has 0 saturated heterocycles. The van der Waals surface area contributed by atoms with Gasteiger partial charge < -0.3 is 15.0 Å². The highest BCUT2D eigenvalue weighted by Crippen LogP contribution is 2.20. The second-order valence-electron chi connectivity index (χ2n) is 5.06. The van der Waals surface area contributed by atoms with E-state index in [4.69, 9.17) is 0 Å². The minimum absolute atomic E-state index is 0.0961. The minimum atomic E-state index is -0.535. The monoisotopic (exact) mass is 281 g/mol. The first-order valence-corrected chi connectivity index (χ1v) is 6.86. The SMILES string of the molecule is CCn1cc([N+](=O)[O-])cc1C(=O)NC1CCCCC1O. The first-order valence-electron chi connectivity index (χ1n) is 6.86. The van der Waals surface area contributed by atoms with Gasteiger partial charge in [0.15, 0.2) is 0 Å². The molecular weight excluding hydrogens is 262 g/mol. The molecule has 2 N–H and O–H groups in total. The van der Waals surface area contributed by atoms with Crippen molar-refractivity contribution >= 4 is 11.6 Å². The molecule has 0 radical (unpaired) electrons. The zero-order chi connectivity index (χ0) is 14.7. The van der Waals surface area contributed by atoms with Gasteiger partial charge in [-0.2, -0.15) is 0 Å². The van der Waals surface area contributed by atoms with Gasteiger partial charge in [0.05, 0.1) is 23.3 Å². The van der Waals surface area contributed by atoms with Crippen molar-refractivity contribution in [3.05, 3.63) is 28.1 Å². The molecule has 1 heterocycles. The quantitative estimate of drug-likeness (QED) is 0.644. The van der Waals surface area contributed by atoms with E-state index in [9.17, 15) is 20.0 Å². The van der Waals surface area contributed by atoms with E-state index in [1.165, 1.54) is 12.3 Å². The summed E-state index contributed by atoms with van der Waals surface area (Å²) >= 11 is 0. The number of nitrogens with zero attached hydrogens (tertiary/aromatic N) is 2. The first-order chi connectivity index (χ1) is 9.52. The topological polar surface area (TPSA) is 97.4 Å². The lowest BCUT2D eigenvalue weighted by molar-refractivity contribution is -0.384. The normalized spacial score (nSPS) is 22.5. The average Bonchev–Trinajstić information content (AvgIpc) is 2.85. The van der Waals surface area contributed by atoms with Crippen LogP contribution in [-0.2, 0) is 6.54 Å². The van der Waals surface area contributed by atoms with Gasteiger partial charge in [-0.25, -0.2) is 0 Å². The molecule has 7 nitrogen and oxygen atoms in total. The van der Waals surface area contributed by atoms with Crippen LogP contribution in [0.5, 0.6) is 0 Å². The van der Waals surface area contributed by atoms with Gasteiger partial charge in [0.25, 0.3) is 11.6 Å². The Morgan fingerprint density at radius 1 is 1.55 bits per heavy atom. The van der Waals surface area contributed by atoms with Gasteiger partial charge in [-0.1, -0.05) is 12.8 Å². The lowest BCUT2D eigenvalue weighted by Gasteiger charge is -2.28. The van der Waals surface area contributed by atoms with Crippen LogP contribution in [0, 0.1) is 10.1 Å². The van der Waals surface area contributed by atoms with Gasteiger partial charge in [-0.05, 0) is 19.8 Å². The summed E-state index contributed by atoms with van der Waals surface area (Å²) in [6.07, 6.45) is 4.17. The molecule has 1 saturated carbocycles. The summed E-state index contributed by atoms with van der Waals surface area (Å²) in [5.41, 5.74) is 0.165. The van der Waals surface area contributed by atoms with Crippen molar-refractivity contribution in [1.29, 1.82) is 0 Å². The molecule has 110 valence electrons. The molecule has 2 rings (SSSR count). The predicted octanol–water partition coefficient (Wildman–Crippen LogP) is 1.45. The zero-order valence-electron chi connectivity index (χ0n) is 11.4. The van der Waals surface area contributed by atoms with Crippen LogP contribution in [-0.4, -0.2) is 32.6 Å². The lowest BCUT2D eigenvalue weighted by atomic mass is 9.92. The van der Waals surface area contributed by atoms with Crippen LogP contribution in [0.25, 0.3) is 0 Å². The Morgan fingerprint density at radius 3 is 2.85 bits per heavy atom. The number of hydrogen-bond donors (Lipinski definition) is 2. The molecule has 1 aliphatic carbocycles. The summed E-state index contributed by atoms with van der Waals surface area (Å²) in [4.78, 5) is 22.5. The molecule has 7 heteroatoms. The summed E-state index contributed by atoms with van der Waals surface area (Å²) in [6, 6.07) is 1.00. The number of nitrogens with one attached hydrogen (secondary N) is 1. The summed E-state index contributed by atoms with van der Waals surface area (Å²) in [5, 5.41) is 23.4. The third-order valence-electron chi connectivity index (χ3n) is 3.71. The molecule has 0 spiro atoms. The van der Waals surface area contributed by atoms with Crippen molar-refractivity contribution in [2.45, 2.75) is 51.3 Å². The van der Waals surface area contributed by atoms with E-state index >= 15 is 0 Å². The Hall–Kier alpha value is -1.89. The van der Waals surface area contributed by atoms with Gasteiger partial charge in [0.2, 0.25) is 0 Å². The molecule has 1 aliphatic rings. The maximum absolute atomic E-state index is 12.2. The number of nitro groups is 1. The molecule has 20 heavy (non-hydrogen) atoms. The fourth-order valence-electron chi connectivity index (χ4n) is 2.57. The Balaban J connectivity index is 2.13. The van der Waals surface area contributed by atoms with Crippen LogP contribution >= 0.6 is 0 Å². The van der Waals surface area contributed by atoms with E-state index in [1.54, 1.807) is 4.57 Å². The van der Waals surface area contributed by atoms with Gasteiger partial charge in [-0.15, -0.1) is 0 Å². The summed E-state index contributed by atoms with van der Waals surface area (Å²) in [6.45, 7) is 2.29. The summed E-state index contributed by atoms with van der Waals surface area (Å²) in [7, 11) is 0. The smallest absolute Gasteiger partial charge is 0.287 e. The Labute approximate surface area is 116 Å². The van der Waals surface area contributed by atoms with E-state index in [2.05, 4.69) is 5.32 Å². The zero-order valence-corrected chi connectivity index (χ0v) is 11.4. The lowest BCUT2D eigenvalue weighted by Crippen LogP contribution is -2.45. The first kappa shape index (κ1) is 14.5. The van der Waals surface area contributed by atoms with Gasteiger partial charge in [0.1, 0.15) is 5.69 Å². The maximum atomic E-state index is 12.2. The van der Waals surface area contributed by atoms with E-state index in [0.717, 1.165) is 19.3 Å². The molecule has 0 aliphatic heterocycles. The van der Waals surface area contributed by atoms with Crippen molar-refractivity contribution in [1.82, 2.24) is 9.88 Å². The molecule has 1 aromatic heterocycles. The Kier molecular flexibility index (Phi) is 4.39. The number of aryl methyl sites for hydroxylation is 1. The van der Waals surface area contributed by atoms with Crippen molar-refractivity contribution in [3.63, 3.8) is 0 Å². The number of rotatable bonds is 4. The molecule has 2 unspecified atom stereocenters. The standard InChI is InChI=1S/C13H19N3O4/c1-2-15-8-9(16(19)20)7-11(15)13(18)14-10-5-3-4-6-12(10)17/h7-8,10,12,17H,2-6H2,1H3,(H,14,18). The molecule has 2 atom stereocenters. The highest BCUT2D eigenvalue weighted by Gasteiger charge is 2.26. The van der Waals surface area contributed by atoms with Gasteiger partial charge in [0, 0.05) is 12.6 Å². The highest BCUT2D eigenvalue weighted by molar-refractivity contribution is 5.93. The second kappa shape index (κ2) is 6.04. The third-order valence-corrected chi connectivity index (χ3v) is 3.71. The van der Waals surface area contributed by atoms with E-state index in [1.807, 2.05) is 6.92 Å². The average molecular weight is 281 g/mol. The fraction of sp³-hybridized carbons (Fsp3) is 0.615. The van der Waals surface area contributed by atoms with Crippen LogP contribution in [0.1, 0.15) is 43.1 Å². The fourth-order valence-corrected chi connectivity index (χ4v) is 2.57. The number of amides is 1. The molecule has 1 aromatic rings. The number of aromatic nitrogens is 1. The van der Waals surface area contributed by atoms with Crippen LogP contribution in [0.3, 0.4) is 0 Å². The second-order valence-corrected chi connectivity index (χ2v) is 5.06. The third kappa shape index (κ3) is 2.98. The van der Waals surface area contributed by atoms with Gasteiger partial charge in [-0.3, -0.25) is 14.9 Å². The maximum Gasteiger partial charge on any atom is 0.287 e. The summed E-state index contributed by atoms with van der Waals surface area (Å²) in [5.74, 6) is -0.370. The Bertz CT molecular complexity index is 512. The molecule has 1 fully saturated rings. The van der Waals surface area contributed by atoms with E-state index in [0.29, 0.717) is 13.0 Å². The molecular formula is C13H19N3O4. The van der Waals surface area contributed by atoms with Gasteiger partial charge >= 0.3 is 0 Å². The number of hydrogen-bond acceptors (Lipinski definition) is 4. The molecule has 0 aromatic carbocycles. The molecule has 1 amide bonds. The van der Waals surface area contributed by atoms with Crippen LogP contribution in [0.2, 0.25) is 0 Å². The predicted molar refractivity (Wildman–Crippen MR) is 72.5 cm³/mol. The largest absolute Gasteiger partial charge is 0.391 e. The van der Waals surface area contributed by atoms with Crippen molar-refractivity contribution < 1.29 is 14.8 Å². The van der Waals surface area contributed by atoms with Crippen LogP contribution in [0.4, 0.5) is 5.69 Å². The van der Waals surface area contributed by atoms with Crippen LogP contribution < -0.4 is 5.32 Å². The van der Waals surface area contributed by atoms with E-state index < -0.39 is 11.0 Å². The number of carbonyl (C=O) groups excluding carboxylic acids is 1. The van der Waals surface area contributed by atoms with E-state index in [-0.39, 0.29) is 23.3 Å². The number of aliphatic hydroxyl groups excluding tert-OH is 1.